The first kappa shape index (κ1) is 39.3. The van der Waals surface area contributed by atoms with Crippen molar-refractivity contribution in [1.29, 1.82) is 0 Å². The summed E-state index contributed by atoms with van der Waals surface area (Å²) in [5.74, 6) is -1.94. The van der Waals surface area contributed by atoms with Crippen LogP contribution >= 0.6 is 0 Å². The molecule has 59 heavy (non-hydrogen) atoms. The van der Waals surface area contributed by atoms with Crippen molar-refractivity contribution in [2.45, 2.75) is 38.4 Å². The molecule has 2 aliphatic rings. The van der Waals surface area contributed by atoms with Crippen LogP contribution in [0.1, 0.15) is 44.5 Å². The number of benzene rings is 6. The zero-order chi connectivity index (χ0) is 41.0. The molecule has 0 bridgehead atoms. The zero-order valence-corrected chi connectivity index (χ0v) is 33.2. The first-order chi connectivity index (χ1) is 28.7. The lowest BCUT2D eigenvalue weighted by molar-refractivity contribution is -0.249. The number of carbonyl (C=O) groups is 4. The largest absolute Gasteiger partial charge is 0.311 e. The third-order valence-electron chi connectivity index (χ3n) is 11.2. The lowest BCUT2D eigenvalue weighted by atomic mass is 9.84. The van der Waals surface area contributed by atoms with Gasteiger partial charge in [0.05, 0.1) is 26.2 Å². The molecule has 8 rings (SSSR count). The molecule has 6 aromatic carbocycles. The van der Waals surface area contributed by atoms with Gasteiger partial charge in [0.25, 0.3) is 0 Å². The topological polar surface area (TPSA) is 90.5 Å². The fraction of sp³-hybridized carbons (Fsp3) is 0.200. The van der Waals surface area contributed by atoms with Crippen LogP contribution in [0.15, 0.2) is 170 Å². The Morgan fingerprint density at radius 3 is 1.02 bits per heavy atom. The summed E-state index contributed by atoms with van der Waals surface area (Å²) in [5.41, 5.74) is 1.39. The quantitative estimate of drug-likeness (QED) is 0.122. The minimum atomic E-state index is -2.00. The summed E-state index contributed by atoms with van der Waals surface area (Å²) in [4.78, 5) is 66.5. The van der Waals surface area contributed by atoms with E-state index in [-0.39, 0.29) is 26.2 Å². The molecule has 0 aliphatic carbocycles. The van der Waals surface area contributed by atoms with Gasteiger partial charge in [0.15, 0.2) is 0 Å². The zero-order valence-electron chi connectivity index (χ0n) is 33.2. The molecule has 296 valence electrons. The van der Waals surface area contributed by atoms with E-state index in [0.29, 0.717) is 35.3 Å². The molecule has 6 aromatic rings. The summed E-state index contributed by atoms with van der Waals surface area (Å²) >= 11 is 0. The number of amides is 4. The number of carbonyl (C=O) groups excluding carboxylic acids is 4. The molecular weight excluding hydrogens is 737 g/mol. The average molecular weight is 783 g/mol. The highest BCUT2D eigenvalue weighted by atomic mass is 16.6. The molecule has 2 atom stereocenters. The van der Waals surface area contributed by atoms with Gasteiger partial charge in [-0.3, -0.25) is 29.0 Å². The Bertz CT molecular complexity index is 2260. The second-order valence-electron chi connectivity index (χ2n) is 15.3. The molecule has 9 nitrogen and oxygen atoms in total. The van der Waals surface area contributed by atoms with Gasteiger partial charge in [-0.05, 0) is 36.1 Å². The lowest BCUT2D eigenvalue weighted by Gasteiger charge is -2.54. The molecule has 0 radical (unpaired) electrons. The first-order valence-corrected chi connectivity index (χ1v) is 19.9. The maximum atomic E-state index is 15.1. The summed E-state index contributed by atoms with van der Waals surface area (Å²) in [7, 11) is 0. The lowest BCUT2D eigenvalue weighted by Crippen LogP contribution is -2.69. The van der Waals surface area contributed by atoms with Crippen molar-refractivity contribution < 1.29 is 23.9 Å². The minimum absolute atomic E-state index is 0.0802. The molecule has 0 saturated carbocycles. The summed E-state index contributed by atoms with van der Waals surface area (Å²) in [6.07, 6.45) is 0. The first-order valence-electron chi connectivity index (χ1n) is 19.9. The van der Waals surface area contributed by atoms with E-state index in [2.05, 4.69) is 0 Å². The Morgan fingerprint density at radius 2 is 0.695 bits per heavy atom. The average Bonchev–Trinajstić information content (AvgIpc) is 3.24. The predicted octanol–water partition coefficient (Wildman–Crippen LogP) is 7.16. The maximum Gasteiger partial charge on any atom is 0.246 e. The molecule has 2 fully saturated rings. The Morgan fingerprint density at radius 1 is 0.407 bits per heavy atom. The van der Waals surface area contributed by atoms with E-state index in [9.17, 15) is 0 Å². The summed E-state index contributed by atoms with van der Waals surface area (Å²) in [5, 5.41) is 0. The number of imide groups is 2. The summed E-state index contributed by atoms with van der Waals surface area (Å²) < 4.78 is 7.93. The molecule has 2 unspecified atom stereocenters. The number of aryl methyl sites for hydroxylation is 2. The minimum Gasteiger partial charge on any atom is -0.311 e. The smallest absolute Gasteiger partial charge is 0.246 e. The molecule has 2 heterocycles. The fourth-order valence-electron chi connectivity index (χ4n) is 8.62. The Balaban J connectivity index is 1.37. The van der Waals surface area contributed by atoms with Gasteiger partial charge in [-0.1, -0.05) is 170 Å². The van der Waals surface area contributed by atoms with Gasteiger partial charge in [0.1, 0.15) is 0 Å². The number of hydrogen-bond donors (Lipinski definition) is 0. The van der Waals surface area contributed by atoms with Crippen molar-refractivity contribution in [2.75, 3.05) is 26.2 Å². The molecule has 9 heteroatoms. The van der Waals surface area contributed by atoms with Crippen LogP contribution in [0.2, 0.25) is 0 Å². The fourth-order valence-corrected chi connectivity index (χ4v) is 8.62. The molecule has 0 N–H and O–H groups in total. The van der Waals surface area contributed by atoms with Crippen LogP contribution in [0.3, 0.4) is 0 Å². The molecule has 4 amide bonds. The number of piperazine rings is 2. The Kier molecular flexibility index (Phi) is 11.2. The van der Waals surface area contributed by atoms with Gasteiger partial charge >= 0.3 is 0 Å². The van der Waals surface area contributed by atoms with Crippen molar-refractivity contribution in [3.63, 3.8) is 0 Å². The highest BCUT2D eigenvalue weighted by molar-refractivity contribution is 6.02. The molecule has 0 spiro atoms. The van der Waals surface area contributed by atoms with Crippen LogP contribution in [-0.4, -0.2) is 69.4 Å². The van der Waals surface area contributed by atoms with E-state index >= 15 is 19.2 Å². The monoisotopic (exact) mass is 782 g/mol. The van der Waals surface area contributed by atoms with E-state index in [4.69, 9.17) is 4.74 Å². The van der Waals surface area contributed by atoms with Crippen molar-refractivity contribution in [3.8, 4) is 0 Å². The summed E-state index contributed by atoms with van der Waals surface area (Å²) in [6, 6.07) is 52.9. The van der Waals surface area contributed by atoms with Crippen molar-refractivity contribution in [3.05, 3.63) is 214 Å². The number of rotatable bonds is 12. The molecule has 0 aromatic heterocycles. The van der Waals surface area contributed by atoms with Gasteiger partial charge in [-0.15, -0.1) is 0 Å². The maximum absolute atomic E-state index is 15.1. The molecule has 2 saturated heterocycles. The number of nitrogens with zero attached hydrogens (tertiary/aromatic N) is 4. The highest BCUT2D eigenvalue weighted by Crippen LogP contribution is 2.51. The normalized spacial score (nSPS) is 17.5. The van der Waals surface area contributed by atoms with Gasteiger partial charge in [-0.2, -0.15) is 0 Å². The second-order valence-corrected chi connectivity index (χ2v) is 15.3. The van der Waals surface area contributed by atoms with E-state index in [0.717, 1.165) is 22.3 Å². The van der Waals surface area contributed by atoms with E-state index in [1.54, 1.807) is 0 Å². The van der Waals surface area contributed by atoms with Gasteiger partial charge in [-0.25, -0.2) is 9.80 Å². The number of ether oxygens (including phenoxy) is 1. The number of hydrogen-bond acceptors (Lipinski definition) is 7. The van der Waals surface area contributed by atoms with E-state index < -0.39 is 35.1 Å². The standard InChI is InChI=1S/C50H46N4O5/c1-37-19-15-17-29-43(37)49(41-25-11-5-12-26-41,53-45(55)33-51(34-46(53)56)31-39-21-7-3-8-22-39)59-50(42-27-13-6-14-28-42,44-30-18-16-20-38(44)2)54-47(57)35-52(36-48(54)58)32-40-23-9-4-10-24-40/h3-30H,31-36H2,1-2H3. The SMILES string of the molecule is Cc1ccccc1C(OC(c1ccccc1)(c1ccccc1C)N1C(=O)CN(Cc2ccccc2)CC1=O)(c1ccccc1)N1C(=O)CN(Cc2ccccc2)CC1=O. The van der Waals surface area contributed by atoms with Crippen LogP contribution in [0.5, 0.6) is 0 Å². The molecular formula is C50H46N4O5. The predicted molar refractivity (Wildman–Crippen MR) is 225 cm³/mol. The van der Waals surface area contributed by atoms with Gasteiger partial charge in [0.2, 0.25) is 35.1 Å². The van der Waals surface area contributed by atoms with Gasteiger partial charge in [0, 0.05) is 35.3 Å². The molecule has 2 aliphatic heterocycles. The van der Waals surface area contributed by atoms with E-state index in [1.165, 1.54) is 9.80 Å². The van der Waals surface area contributed by atoms with Crippen LogP contribution in [0.4, 0.5) is 0 Å². The Hall–Kier alpha value is -6.52. The second kappa shape index (κ2) is 16.8. The van der Waals surface area contributed by atoms with Crippen LogP contribution in [-0.2, 0) is 48.5 Å². The van der Waals surface area contributed by atoms with Crippen LogP contribution in [0.25, 0.3) is 0 Å². The van der Waals surface area contributed by atoms with Crippen LogP contribution < -0.4 is 0 Å². The van der Waals surface area contributed by atoms with Crippen molar-refractivity contribution >= 4 is 23.6 Å². The summed E-state index contributed by atoms with van der Waals surface area (Å²) in [6.45, 7) is 4.28. The third kappa shape index (κ3) is 7.52. The van der Waals surface area contributed by atoms with Crippen molar-refractivity contribution in [2.24, 2.45) is 0 Å². The Labute approximate surface area is 345 Å². The van der Waals surface area contributed by atoms with E-state index in [1.807, 2.05) is 194 Å². The van der Waals surface area contributed by atoms with Gasteiger partial charge < -0.3 is 4.74 Å². The van der Waals surface area contributed by atoms with Crippen LogP contribution in [0, 0.1) is 13.8 Å². The third-order valence-corrected chi connectivity index (χ3v) is 11.2. The highest BCUT2D eigenvalue weighted by Gasteiger charge is 2.60. The van der Waals surface area contributed by atoms with Crippen molar-refractivity contribution in [1.82, 2.24) is 19.6 Å².